The van der Waals surface area contributed by atoms with E-state index in [2.05, 4.69) is 15.3 Å². The normalized spacial score (nSPS) is 15.5. The summed E-state index contributed by atoms with van der Waals surface area (Å²) in [6, 6.07) is 6.32. The molecular weight excluding hydrogens is 372 g/mol. The molecule has 0 aliphatic heterocycles. The maximum Gasteiger partial charge on any atom is 0.238 e. The number of allylic oxidation sites excluding steroid dienone is 1. The molecule has 0 amide bonds. The van der Waals surface area contributed by atoms with Crippen molar-refractivity contribution in [1.82, 2.24) is 15.0 Å². The Morgan fingerprint density at radius 2 is 2.07 bits per heavy atom. The fourth-order valence-corrected chi connectivity index (χ4v) is 4.29. The van der Waals surface area contributed by atoms with Gasteiger partial charge in [0, 0.05) is 30.1 Å². The Kier molecular flexibility index (Phi) is 5.48. The largest absolute Gasteiger partial charge is 0.437 e. The average Bonchev–Trinajstić information content (AvgIpc) is 3.11. The van der Waals surface area contributed by atoms with Crippen LogP contribution >= 0.6 is 11.3 Å². The van der Waals surface area contributed by atoms with E-state index in [0.717, 1.165) is 21.6 Å². The number of hydrogen-bond donors (Lipinski definition) is 3. The van der Waals surface area contributed by atoms with Gasteiger partial charge in [-0.1, -0.05) is 30.6 Å². The second-order valence-electron chi connectivity index (χ2n) is 6.74. The van der Waals surface area contributed by atoms with Crippen molar-refractivity contribution in [2.24, 2.45) is 5.73 Å². The number of thiazole rings is 1. The van der Waals surface area contributed by atoms with Gasteiger partial charge in [-0.25, -0.2) is 9.97 Å². The lowest BCUT2D eigenvalue weighted by molar-refractivity contribution is 0.460. The molecule has 4 rings (SSSR count). The van der Waals surface area contributed by atoms with E-state index in [4.69, 9.17) is 20.9 Å². The van der Waals surface area contributed by atoms with E-state index in [9.17, 15) is 0 Å². The fraction of sp³-hybridized carbons (Fsp3) is 0.300. The monoisotopic (exact) mass is 394 g/mol. The van der Waals surface area contributed by atoms with Crippen molar-refractivity contribution in [3.63, 3.8) is 0 Å². The van der Waals surface area contributed by atoms with E-state index in [1.165, 1.54) is 44.5 Å². The Morgan fingerprint density at radius 3 is 2.86 bits per heavy atom. The van der Waals surface area contributed by atoms with Gasteiger partial charge in [0.25, 0.3) is 0 Å². The van der Waals surface area contributed by atoms with Crippen molar-refractivity contribution in [1.29, 1.82) is 5.41 Å². The Hall–Kier alpha value is -3.00. The summed E-state index contributed by atoms with van der Waals surface area (Å²) in [4.78, 5) is 13.2. The lowest BCUT2D eigenvalue weighted by atomic mass is 9.96. The summed E-state index contributed by atoms with van der Waals surface area (Å²) in [5, 5.41) is 11.9. The number of benzene rings is 1. The summed E-state index contributed by atoms with van der Waals surface area (Å²) >= 11 is 1.64. The van der Waals surface area contributed by atoms with Crippen LogP contribution in [0.2, 0.25) is 0 Å². The van der Waals surface area contributed by atoms with Crippen LogP contribution in [0.4, 0.5) is 5.13 Å². The van der Waals surface area contributed by atoms with Gasteiger partial charge in [-0.05, 0) is 25.0 Å². The molecule has 2 aromatic heterocycles. The van der Waals surface area contributed by atoms with Gasteiger partial charge in [0.05, 0.1) is 28.3 Å². The zero-order valence-corrected chi connectivity index (χ0v) is 16.2. The van der Waals surface area contributed by atoms with E-state index >= 15 is 0 Å². The van der Waals surface area contributed by atoms with Gasteiger partial charge >= 0.3 is 0 Å². The van der Waals surface area contributed by atoms with Crippen LogP contribution in [-0.2, 0) is 0 Å². The van der Waals surface area contributed by atoms with Crippen LogP contribution in [0.15, 0.2) is 36.8 Å². The highest BCUT2D eigenvalue weighted by molar-refractivity contribution is 7.22. The molecular formula is C20H22N6OS. The lowest BCUT2D eigenvalue weighted by Crippen LogP contribution is -2.21. The molecule has 7 nitrogen and oxygen atoms in total. The van der Waals surface area contributed by atoms with Crippen molar-refractivity contribution < 1.29 is 4.74 Å². The minimum Gasteiger partial charge on any atom is -0.437 e. The molecule has 0 spiro atoms. The third kappa shape index (κ3) is 4.12. The van der Waals surface area contributed by atoms with Crippen molar-refractivity contribution >= 4 is 38.5 Å². The van der Waals surface area contributed by atoms with Crippen molar-refractivity contribution in [3.05, 3.63) is 42.5 Å². The average molecular weight is 395 g/mol. The second kappa shape index (κ2) is 8.35. The molecule has 1 saturated carbocycles. The molecule has 0 saturated heterocycles. The van der Waals surface area contributed by atoms with Crippen molar-refractivity contribution in [2.75, 3.05) is 5.32 Å². The summed E-state index contributed by atoms with van der Waals surface area (Å²) in [6.07, 6.45) is 11.9. The minimum atomic E-state index is 0.350. The van der Waals surface area contributed by atoms with Crippen LogP contribution in [0.25, 0.3) is 15.8 Å². The summed E-state index contributed by atoms with van der Waals surface area (Å²) < 4.78 is 6.92. The van der Waals surface area contributed by atoms with Crippen LogP contribution in [0, 0.1) is 5.41 Å². The predicted molar refractivity (Wildman–Crippen MR) is 113 cm³/mol. The zero-order chi connectivity index (χ0) is 19.3. The standard InChI is InChI=1S/C20H22N6OS/c21-9-13(10-22)17-11-23-12-19(25-17)27-15-6-7-16-18(8-15)28-20(26-16)24-14-4-2-1-3-5-14/h6-12,14,21H,1-5,22H2,(H,24,26)/b13-10+,21-9?. The molecule has 0 radical (unpaired) electrons. The summed E-state index contributed by atoms with van der Waals surface area (Å²) in [7, 11) is 0. The van der Waals surface area contributed by atoms with Crippen LogP contribution in [0.3, 0.4) is 0 Å². The van der Waals surface area contributed by atoms with Gasteiger partial charge in [-0.2, -0.15) is 0 Å². The van der Waals surface area contributed by atoms with Crippen molar-refractivity contribution in [2.45, 2.75) is 38.1 Å². The first-order valence-electron chi connectivity index (χ1n) is 9.35. The van der Waals surface area contributed by atoms with Crippen LogP contribution in [-0.4, -0.2) is 27.2 Å². The van der Waals surface area contributed by atoms with Crippen molar-refractivity contribution in [3.8, 4) is 11.6 Å². The van der Waals surface area contributed by atoms with E-state index in [1.807, 2.05) is 18.2 Å². The van der Waals surface area contributed by atoms with E-state index in [1.54, 1.807) is 17.5 Å². The first kappa shape index (κ1) is 18.4. The van der Waals surface area contributed by atoms with Gasteiger partial charge in [0.15, 0.2) is 5.13 Å². The first-order chi connectivity index (χ1) is 13.7. The molecule has 1 aromatic carbocycles. The number of nitrogens with one attached hydrogen (secondary N) is 2. The molecule has 1 aliphatic carbocycles. The minimum absolute atomic E-state index is 0.350. The molecule has 0 atom stereocenters. The summed E-state index contributed by atoms with van der Waals surface area (Å²) in [5.41, 5.74) is 7.44. The molecule has 0 unspecified atom stereocenters. The van der Waals surface area contributed by atoms with Gasteiger partial charge in [-0.15, -0.1) is 0 Å². The Balaban J connectivity index is 1.51. The maximum absolute atomic E-state index is 7.38. The van der Waals surface area contributed by atoms with Gasteiger partial charge < -0.3 is 21.2 Å². The Labute approximate surface area is 167 Å². The lowest BCUT2D eigenvalue weighted by Gasteiger charge is -2.22. The third-order valence-corrected chi connectivity index (χ3v) is 5.71. The smallest absolute Gasteiger partial charge is 0.238 e. The van der Waals surface area contributed by atoms with Crippen LogP contribution < -0.4 is 15.8 Å². The molecule has 1 aliphatic rings. The van der Waals surface area contributed by atoms with Gasteiger partial charge in [0.1, 0.15) is 5.75 Å². The Bertz CT molecular complexity index is 1010. The molecule has 1 fully saturated rings. The summed E-state index contributed by atoms with van der Waals surface area (Å²) in [6.45, 7) is 0. The zero-order valence-electron chi connectivity index (χ0n) is 15.4. The Morgan fingerprint density at radius 1 is 1.21 bits per heavy atom. The van der Waals surface area contributed by atoms with Gasteiger partial charge in [-0.3, -0.25) is 4.98 Å². The van der Waals surface area contributed by atoms with E-state index in [0.29, 0.717) is 28.9 Å². The number of nitrogens with zero attached hydrogens (tertiary/aromatic N) is 3. The van der Waals surface area contributed by atoms with Crippen LogP contribution in [0.5, 0.6) is 11.6 Å². The third-order valence-electron chi connectivity index (χ3n) is 4.76. The van der Waals surface area contributed by atoms with E-state index < -0.39 is 0 Å². The number of rotatable bonds is 6. The molecule has 3 aromatic rings. The number of hydrogen-bond acceptors (Lipinski definition) is 8. The fourth-order valence-electron chi connectivity index (χ4n) is 3.32. The molecule has 28 heavy (non-hydrogen) atoms. The first-order valence-corrected chi connectivity index (χ1v) is 10.2. The number of anilines is 1. The number of nitrogens with two attached hydrogens (primary N) is 1. The molecule has 144 valence electrons. The molecule has 8 heteroatoms. The number of aromatic nitrogens is 3. The predicted octanol–water partition coefficient (Wildman–Crippen LogP) is 4.57. The SMILES string of the molecule is N=C/C(=C\N)c1cncc(Oc2ccc3nc(NC4CCCCC4)sc3c2)n1. The highest BCUT2D eigenvalue weighted by atomic mass is 32.1. The quantitative estimate of drug-likeness (QED) is 0.528. The molecule has 2 heterocycles. The van der Waals surface area contributed by atoms with E-state index in [-0.39, 0.29) is 0 Å². The van der Waals surface area contributed by atoms with Gasteiger partial charge in [0.2, 0.25) is 5.88 Å². The number of fused-ring (bicyclic) bond motifs is 1. The topological polar surface area (TPSA) is 110 Å². The summed E-state index contributed by atoms with van der Waals surface area (Å²) in [5.74, 6) is 1.02. The molecule has 0 bridgehead atoms. The second-order valence-corrected chi connectivity index (χ2v) is 7.77. The van der Waals surface area contributed by atoms with Crippen LogP contribution in [0.1, 0.15) is 37.8 Å². The number of ether oxygens (including phenoxy) is 1. The molecule has 4 N–H and O–H groups in total. The highest BCUT2D eigenvalue weighted by Gasteiger charge is 2.15. The highest BCUT2D eigenvalue weighted by Crippen LogP contribution is 2.32. The maximum atomic E-state index is 7.38.